The Bertz CT molecular complexity index is 694. The second-order valence-corrected chi connectivity index (χ2v) is 15.1. The lowest BCUT2D eigenvalue weighted by atomic mass is 10.7. The molecule has 0 aliphatic heterocycles. The SMILES string of the molecule is O=C(NCCSCC/N=C\OOCSCSCO)OCCSCCOO/C=N/CCSCCNC(=O)OCSCSCO. The highest BCUT2D eigenvalue weighted by Crippen LogP contribution is 2.11. The average molecular weight is 747 g/mol. The molecule has 21 heteroatoms. The van der Waals surface area contributed by atoms with Gasteiger partial charge < -0.3 is 40.1 Å². The molecule has 0 rings (SSSR count). The number of amides is 2. The van der Waals surface area contributed by atoms with Gasteiger partial charge in [-0.1, -0.05) is 0 Å². The minimum Gasteiger partial charge on any atom is -0.449 e. The van der Waals surface area contributed by atoms with Gasteiger partial charge in [-0.2, -0.15) is 45.1 Å². The van der Waals surface area contributed by atoms with Crippen LogP contribution in [0.1, 0.15) is 0 Å². The molecule has 14 nitrogen and oxygen atoms in total. The molecule has 0 aliphatic rings. The first kappa shape index (κ1) is 42.8. The maximum absolute atomic E-state index is 11.7. The van der Waals surface area contributed by atoms with Crippen molar-refractivity contribution in [2.45, 2.75) is 0 Å². The lowest BCUT2D eigenvalue weighted by Gasteiger charge is -2.06. The van der Waals surface area contributed by atoms with E-state index >= 15 is 0 Å². The second-order valence-electron chi connectivity index (χ2n) is 6.96. The normalized spacial score (nSPS) is 11.2. The Morgan fingerprint density at radius 1 is 0.605 bits per heavy atom. The van der Waals surface area contributed by atoms with Gasteiger partial charge in [0, 0.05) is 57.8 Å². The van der Waals surface area contributed by atoms with E-state index in [9.17, 15) is 9.59 Å². The van der Waals surface area contributed by atoms with Crippen LogP contribution in [0.25, 0.3) is 0 Å². The third-order valence-corrected chi connectivity index (χ3v) is 10.2. The standard InChI is InChI=1S/C22H42N4O10S7/c27-15-40-19-42-17-32-22(30)26-4-10-38-7-1-23-13-34-33-6-12-39-11-5-31-21(29)25-3-9-37-8-2-24-14-35-36-18-43-20-41-16-28/h13-14,27-28H,1-12,15-20H2,(H,25,29)(H,26,30)/b23-13+,24-14-. The van der Waals surface area contributed by atoms with Crippen LogP contribution >= 0.6 is 82.3 Å². The molecule has 0 aromatic rings. The molecule has 0 aromatic carbocycles. The molecular formula is C22H42N4O10S7. The smallest absolute Gasteiger partial charge is 0.407 e. The summed E-state index contributed by atoms with van der Waals surface area (Å²) in [6.07, 6.45) is 1.64. The first-order valence-electron chi connectivity index (χ1n) is 12.8. The summed E-state index contributed by atoms with van der Waals surface area (Å²) >= 11 is 10.5. The summed E-state index contributed by atoms with van der Waals surface area (Å²) in [5, 5.41) is 24.0. The molecule has 2 amide bonds. The summed E-state index contributed by atoms with van der Waals surface area (Å²) in [4.78, 5) is 50.8. The van der Waals surface area contributed by atoms with Crippen molar-refractivity contribution in [3.63, 3.8) is 0 Å². The number of hydrogen-bond donors (Lipinski definition) is 4. The number of hydrogen-bond acceptors (Lipinski definition) is 19. The lowest BCUT2D eigenvalue weighted by molar-refractivity contribution is -0.210. The minimum atomic E-state index is -0.446. The number of thioether (sulfide) groups is 7. The zero-order valence-corrected chi connectivity index (χ0v) is 29.5. The van der Waals surface area contributed by atoms with Gasteiger partial charge in [-0.25, -0.2) is 9.59 Å². The molecule has 43 heavy (non-hydrogen) atoms. The van der Waals surface area contributed by atoms with Crippen LogP contribution in [0.15, 0.2) is 9.98 Å². The molecule has 4 N–H and O–H groups in total. The third kappa shape index (κ3) is 37.9. The van der Waals surface area contributed by atoms with Gasteiger partial charge in [0.15, 0.2) is 0 Å². The largest absolute Gasteiger partial charge is 0.449 e. The van der Waals surface area contributed by atoms with Gasteiger partial charge in [0.25, 0.3) is 0 Å². The van der Waals surface area contributed by atoms with E-state index in [-0.39, 0.29) is 17.8 Å². The fourth-order valence-corrected chi connectivity index (χ4v) is 6.43. The number of ether oxygens (including phenoxy) is 2. The molecule has 0 spiro atoms. The number of carbonyl (C=O) groups excluding carboxylic acids is 2. The summed E-state index contributed by atoms with van der Waals surface area (Å²) in [6, 6.07) is 0. The van der Waals surface area contributed by atoms with Gasteiger partial charge in [0.05, 0.1) is 25.0 Å². The van der Waals surface area contributed by atoms with Gasteiger partial charge in [0.1, 0.15) is 25.1 Å². The lowest BCUT2D eigenvalue weighted by Crippen LogP contribution is -2.27. The van der Waals surface area contributed by atoms with Crippen molar-refractivity contribution in [3.05, 3.63) is 0 Å². The molecule has 0 heterocycles. The second kappa shape index (κ2) is 38.0. The van der Waals surface area contributed by atoms with Crippen molar-refractivity contribution >= 4 is 107 Å². The van der Waals surface area contributed by atoms with E-state index in [2.05, 4.69) is 20.6 Å². The van der Waals surface area contributed by atoms with Crippen LogP contribution in [0.2, 0.25) is 0 Å². The van der Waals surface area contributed by atoms with Crippen molar-refractivity contribution in [1.29, 1.82) is 0 Å². The maximum atomic E-state index is 11.7. The Balaban J connectivity index is 3.29. The first-order chi connectivity index (χ1) is 21.2. The van der Waals surface area contributed by atoms with Gasteiger partial charge >= 0.3 is 12.2 Å². The average Bonchev–Trinajstić information content (AvgIpc) is 3.00. The quantitative estimate of drug-likeness (QED) is 0.0197. The van der Waals surface area contributed by atoms with Gasteiger partial charge in [-0.15, -0.1) is 47.0 Å². The molecule has 0 fully saturated rings. The molecule has 0 radical (unpaired) electrons. The highest BCUT2D eigenvalue weighted by Gasteiger charge is 2.02. The minimum absolute atomic E-state index is 0.0583. The van der Waals surface area contributed by atoms with E-state index < -0.39 is 12.2 Å². The Morgan fingerprint density at radius 3 is 1.77 bits per heavy atom. The predicted molar refractivity (Wildman–Crippen MR) is 186 cm³/mol. The van der Waals surface area contributed by atoms with Crippen LogP contribution in [0.3, 0.4) is 0 Å². The number of alkyl carbamates (subject to hydrolysis) is 2. The van der Waals surface area contributed by atoms with Crippen molar-refractivity contribution in [2.24, 2.45) is 9.98 Å². The summed E-state index contributed by atoms with van der Waals surface area (Å²) < 4.78 is 10.1. The fourth-order valence-electron chi connectivity index (χ4n) is 2.07. The number of aliphatic hydroxyl groups excluding tert-OH is 2. The van der Waals surface area contributed by atoms with E-state index in [1.54, 1.807) is 35.3 Å². The van der Waals surface area contributed by atoms with Crippen LogP contribution in [0.5, 0.6) is 0 Å². The summed E-state index contributed by atoms with van der Waals surface area (Å²) in [7, 11) is 0. The fraction of sp³-hybridized carbons (Fsp3) is 0.818. The molecule has 0 unspecified atom stereocenters. The number of aliphatic imine (C=N–C) groups is 2. The van der Waals surface area contributed by atoms with Crippen molar-refractivity contribution < 1.29 is 48.8 Å². The van der Waals surface area contributed by atoms with E-state index in [4.69, 9.17) is 39.2 Å². The predicted octanol–water partition coefficient (Wildman–Crippen LogP) is 3.25. The number of aliphatic hydroxyl groups is 2. The molecule has 0 aliphatic carbocycles. The molecule has 252 valence electrons. The summed E-state index contributed by atoms with van der Waals surface area (Å²) in [6.45, 7) is 2.85. The molecular weight excluding hydrogens is 705 g/mol. The molecule has 0 bridgehead atoms. The van der Waals surface area contributed by atoms with Crippen LogP contribution in [-0.2, 0) is 29.0 Å². The monoisotopic (exact) mass is 746 g/mol. The van der Waals surface area contributed by atoms with E-state index in [1.165, 1.54) is 59.8 Å². The van der Waals surface area contributed by atoms with Crippen molar-refractivity contribution in [1.82, 2.24) is 10.6 Å². The number of carbonyl (C=O) groups is 2. The molecule has 0 aromatic heterocycles. The van der Waals surface area contributed by atoms with Crippen molar-refractivity contribution in [2.75, 3.05) is 108 Å². The van der Waals surface area contributed by atoms with Crippen LogP contribution in [-0.4, -0.2) is 143 Å². The summed E-state index contributed by atoms with van der Waals surface area (Å²) in [5.41, 5.74) is 0. The van der Waals surface area contributed by atoms with Crippen LogP contribution < -0.4 is 10.6 Å². The first-order valence-corrected chi connectivity index (χ1v) is 20.9. The maximum Gasteiger partial charge on any atom is 0.407 e. The highest BCUT2D eigenvalue weighted by molar-refractivity contribution is 8.16. The number of nitrogens with one attached hydrogen (secondary N) is 2. The van der Waals surface area contributed by atoms with E-state index in [0.29, 0.717) is 61.9 Å². The van der Waals surface area contributed by atoms with Gasteiger partial charge in [-0.05, 0) is 0 Å². The Morgan fingerprint density at radius 2 is 1.14 bits per heavy atom. The Labute approximate surface area is 283 Å². The summed E-state index contributed by atoms with van der Waals surface area (Å²) in [5.74, 6) is 5.17. The molecule has 0 saturated carbocycles. The Hall–Kier alpha value is -0.230. The van der Waals surface area contributed by atoms with Gasteiger partial charge in [0.2, 0.25) is 12.8 Å². The van der Waals surface area contributed by atoms with Crippen LogP contribution in [0, 0.1) is 0 Å². The molecule has 0 atom stereocenters. The zero-order valence-electron chi connectivity index (χ0n) is 23.8. The van der Waals surface area contributed by atoms with Gasteiger partial charge in [-0.3, -0.25) is 9.98 Å². The third-order valence-electron chi connectivity index (χ3n) is 3.82. The molecule has 0 saturated heterocycles. The highest BCUT2D eigenvalue weighted by atomic mass is 32.2. The zero-order chi connectivity index (χ0) is 31.3. The topological polar surface area (TPSA) is 179 Å². The Kier molecular flexibility index (Phi) is 37.8. The number of nitrogens with zero attached hydrogens (tertiary/aromatic N) is 2. The van der Waals surface area contributed by atoms with E-state index in [1.807, 2.05) is 0 Å². The van der Waals surface area contributed by atoms with Crippen molar-refractivity contribution in [3.8, 4) is 0 Å². The van der Waals surface area contributed by atoms with Crippen LogP contribution in [0.4, 0.5) is 9.59 Å². The number of rotatable bonds is 32. The van der Waals surface area contributed by atoms with E-state index in [0.717, 1.165) is 28.1 Å².